The third-order valence-corrected chi connectivity index (χ3v) is 5.77. The van der Waals surface area contributed by atoms with Crippen LogP contribution in [0.5, 0.6) is 11.5 Å². The van der Waals surface area contributed by atoms with Crippen molar-refractivity contribution >= 4 is 63.2 Å². The summed E-state index contributed by atoms with van der Waals surface area (Å²) in [5, 5.41) is 15.1. The van der Waals surface area contributed by atoms with E-state index in [2.05, 4.69) is 11.4 Å². The van der Waals surface area contributed by atoms with Crippen LogP contribution in [0, 0.1) is 17.1 Å². The van der Waals surface area contributed by atoms with Crippen molar-refractivity contribution in [1.29, 1.82) is 5.26 Å². The molecule has 0 heterocycles. The maximum absolute atomic E-state index is 13.9. The van der Waals surface area contributed by atoms with Gasteiger partial charge in [0.05, 0.1) is 32.3 Å². The number of halogens is 4. The van der Waals surface area contributed by atoms with E-state index in [1.165, 1.54) is 24.3 Å². The summed E-state index contributed by atoms with van der Waals surface area (Å²) in [5.41, 5.74) is 0.183. The van der Waals surface area contributed by atoms with E-state index in [4.69, 9.17) is 39.5 Å². The molecule has 0 spiro atoms. The van der Waals surface area contributed by atoms with Crippen LogP contribution in [-0.2, 0) is 0 Å². The maximum Gasteiger partial charge on any atom is 0.326 e. The summed E-state index contributed by atoms with van der Waals surface area (Å²) in [6, 6.07) is 18.1. The van der Waals surface area contributed by atoms with Gasteiger partial charge in [0.15, 0.2) is 5.75 Å². The van der Waals surface area contributed by atoms with Crippen LogP contribution < -0.4 is 15.4 Å². The van der Waals surface area contributed by atoms with E-state index in [1.54, 1.807) is 30.3 Å². The minimum absolute atomic E-state index is 0.0738. The van der Waals surface area contributed by atoms with Crippen molar-refractivity contribution in [1.82, 2.24) is 5.32 Å². The molecule has 6 nitrogen and oxygen atoms in total. The Balaban J connectivity index is 1.54. The van der Waals surface area contributed by atoms with Gasteiger partial charge in [0, 0.05) is 16.5 Å². The standard InChI is InChI=1S/C25H13Cl3FN3O3/c26-17-6-3-7-20(29)22(17)24(33)32-25(34)31-14-10-18(27)23(19(28)11-14)35-21-9-8-13(12-30)15-4-1-2-5-16(15)21/h1-11H,(H2,31,32,33,34). The lowest BCUT2D eigenvalue weighted by atomic mass is 10.0. The lowest BCUT2D eigenvalue weighted by Crippen LogP contribution is -2.35. The molecular formula is C25H13Cl3FN3O3. The molecule has 0 fully saturated rings. The highest BCUT2D eigenvalue weighted by atomic mass is 35.5. The van der Waals surface area contributed by atoms with Gasteiger partial charge < -0.3 is 10.1 Å². The second-order valence-corrected chi connectivity index (χ2v) is 8.37. The minimum Gasteiger partial charge on any atom is -0.454 e. The summed E-state index contributed by atoms with van der Waals surface area (Å²) in [6.07, 6.45) is 0. The number of rotatable bonds is 4. The Morgan fingerprint density at radius 3 is 2.23 bits per heavy atom. The zero-order valence-electron chi connectivity index (χ0n) is 17.5. The van der Waals surface area contributed by atoms with Crippen LogP contribution in [0.2, 0.25) is 15.1 Å². The molecule has 3 amide bonds. The highest BCUT2D eigenvalue weighted by Gasteiger charge is 2.19. The number of carbonyl (C=O) groups is 2. The van der Waals surface area contributed by atoms with Gasteiger partial charge in [0.25, 0.3) is 5.91 Å². The van der Waals surface area contributed by atoms with E-state index >= 15 is 0 Å². The minimum atomic E-state index is -1.02. The topological polar surface area (TPSA) is 91.2 Å². The van der Waals surface area contributed by atoms with Crippen LogP contribution in [0.3, 0.4) is 0 Å². The third kappa shape index (κ3) is 5.15. The highest BCUT2D eigenvalue weighted by molar-refractivity contribution is 6.38. The van der Waals surface area contributed by atoms with Gasteiger partial charge in [-0.05, 0) is 36.4 Å². The zero-order valence-corrected chi connectivity index (χ0v) is 19.8. The fourth-order valence-corrected chi connectivity index (χ4v) is 4.15. The molecule has 0 unspecified atom stereocenters. The second-order valence-electron chi connectivity index (χ2n) is 7.14. The number of nitrogens with zero attached hydrogens (tertiary/aromatic N) is 1. The molecule has 2 N–H and O–H groups in total. The lowest BCUT2D eigenvalue weighted by molar-refractivity contribution is 0.0963. The smallest absolute Gasteiger partial charge is 0.326 e. The van der Waals surface area contributed by atoms with Gasteiger partial charge in [0.1, 0.15) is 11.6 Å². The van der Waals surface area contributed by atoms with Gasteiger partial charge in [0.2, 0.25) is 0 Å². The highest BCUT2D eigenvalue weighted by Crippen LogP contribution is 2.41. The summed E-state index contributed by atoms with van der Waals surface area (Å²) in [7, 11) is 0. The molecule has 0 aliphatic carbocycles. The number of urea groups is 1. The van der Waals surface area contributed by atoms with E-state index in [0.717, 1.165) is 6.07 Å². The quantitative estimate of drug-likeness (QED) is 0.286. The normalized spacial score (nSPS) is 10.5. The van der Waals surface area contributed by atoms with Crippen LogP contribution in [0.4, 0.5) is 14.9 Å². The van der Waals surface area contributed by atoms with Gasteiger partial charge in [-0.2, -0.15) is 5.26 Å². The summed E-state index contributed by atoms with van der Waals surface area (Å²) < 4.78 is 19.9. The summed E-state index contributed by atoms with van der Waals surface area (Å²) >= 11 is 18.6. The number of anilines is 1. The van der Waals surface area contributed by atoms with Crippen molar-refractivity contribution < 1.29 is 18.7 Å². The van der Waals surface area contributed by atoms with Crippen molar-refractivity contribution in [2.45, 2.75) is 0 Å². The van der Waals surface area contributed by atoms with Gasteiger partial charge in [-0.1, -0.05) is 65.1 Å². The molecule has 4 rings (SSSR count). The molecule has 10 heteroatoms. The maximum atomic E-state index is 13.9. The Kier molecular flexibility index (Phi) is 7.08. The first kappa shape index (κ1) is 24.3. The number of fused-ring (bicyclic) bond motifs is 1. The Morgan fingerprint density at radius 2 is 1.57 bits per heavy atom. The molecule has 0 saturated heterocycles. The Hall–Kier alpha value is -3.83. The van der Waals surface area contributed by atoms with E-state index in [0.29, 0.717) is 22.1 Å². The molecule has 0 atom stereocenters. The first-order valence-corrected chi connectivity index (χ1v) is 11.1. The summed E-state index contributed by atoms with van der Waals surface area (Å²) in [5.74, 6) is -1.33. The van der Waals surface area contributed by atoms with Crippen molar-refractivity contribution in [2.24, 2.45) is 0 Å². The van der Waals surface area contributed by atoms with Crippen LogP contribution in [0.25, 0.3) is 10.8 Å². The van der Waals surface area contributed by atoms with Crippen LogP contribution in [-0.4, -0.2) is 11.9 Å². The van der Waals surface area contributed by atoms with Crippen LogP contribution in [0.1, 0.15) is 15.9 Å². The van der Waals surface area contributed by atoms with E-state index < -0.39 is 23.3 Å². The number of ether oxygens (including phenoxy) is 1. The molecule has 35 heavy (non-hydrogen) atoms. The molecular weight excluding hydrogens is 516 g/mol. The molecule has 0 aromatic heterocycles. The predicted octanol–water partition coefficient (Wildman–Crippen LogP) is 7.56. The molecule has 4 aromatic rings. The number of hydrogen-bond acceptors (Lipinski definition) is 4. The Bertz CT molecular complexity index is 1490. The fraction of sp³-hybridized carbons (Fsp3) is 0. The number of nitrogens with one attached hydrogen (secondary N) is 2. The number of nitriles is 1. The van der Waals surface area contributed by atoms with Gasteiger partial charge in [-0.15, -0.1) is 0 Å². The number of imide groups is 1. The summed E-state index contributed by atoms with van der Waals surface area (Å²) in [4.78, 5) is 24.5. The number of benzene rings is 4. The number of carbonyl (C=O) groups excluding carboxylic acids is 2. The zero-order chi connectivity index (χ0) is 25.1. The fourth-order valence-electron chi connectivity index (χ4n) is 3.34. The molecule has 0 aliphatic heterocycles. The molecule has 0 aliphatic rings. The van der Waals surface area contributed by atoms with E-state index in [1.807, 2.05) is 11.4 Å². The van der Waals surface area contributed by atoms with Gasteiger partial charge >= 0.3 is 6.03 Å². The van der Waals surface area contributed by atoms with E-state index in [-0.39, 0.29) is 26.5 Å². The lowest BCUT2D eigenvalue weighted by Gasteiger charge is -2.14. The van der Waals surface area contributed by atoms with Crippen molar-refractivity contribution in [3.63, 3.8) is 0 Å². The number of hydrogen-bond donors (Lipinski definition) is 2. The average molecular weight is 529 g/mol. The molecule has 4 aromatic carbocycles. The van der Waals surface area contributed by atoms with Gasteiger partial charge in [-0.3, -0.25) is 10.1 Å². The number of amides is 3. The van der Waals surface area contributed by atoms with Crippen molar-refractivity contribution in [3.8, 4) is 17.6 Å². The largest absolute Gasteiger partial charge is 0.454 e. The summed E-state index contributed by atoms with van der Waals surface area (Å²) in [6.45, 7) is 0. The molecule has 0 radical (unpaired) electrons. The monoisotopic (exact) mass is 527 g/mol. The van der Waals surface area contributed by atoms with Crippen LogP contribution >= 0.6 is 34.8 Å². The van der Waals surface area contributed by atoms with Crippen molar-refractivity contribution in [3.05, 3.63) is 98.7 Å². The van der Waals surface area contributed by atoms with Gasteiger partial charge in [-0.25, -0.2) is 9.18 Å². The van der Waals surface area contributed by atoms with E-state index in [9.17, 15) is 19.2 Å². The second kappa shape index (κ2) is 10.2. The molecule has 0 saturated carbocycles. The average Bonchev–Trinajstić information content (AvgIpc) is 2.81. The first-order valence-electron chi connectivity index (χ1n) is 9.93. The molecule has 0 bridgehead atoms. The van der Waals surface area contributed by atoms with Crippen LogP contribution in [0.15, 0.2) is 66.7 Å². The third-order valence-electron chi connectivity index (χ3n) is 4.89. The first-order chi connectivity index (χ1) is 16.8. The predicted molar refractivity (Wildman–Crippen MR) is 133 cm³/mol. The Labute approximate surface area is 213 Å². The molecule has 174 valence electrons. The van der Waals surface area contributed by atoms with Crippen molar-refractivity contribution in [2.75, 3.05) is 5.32 Å². The Morgan fingerprint density at radius 1 is 0.886 bits per heavy atom. The SMILES string of the molecule is N#Cc1ccc(Oc2c(Cl)cc(NC(=O)NC(=O)c3c(F)cccc3Cl)cc2Cl)c2ccccc12.